The molecule has 1 N–H and O–H groups in total. The average Bonchev–Trinajstić information content (AvgIpc) is 2.95. The van der Waals surface area contributed by atoms with E-state index in [2.05, 4.69) is 43.2 Å². The zero-order valence-electron chi connectivity index (χ0n) is 13.2. The summed E-state index contributed by atoms with van der Waals surface area (Å²) in [5.41, 5.74) is 6.47. The van der Waals surface area contributed by atoms with Gasteiger partial charge in [-0.1, -0.05) is 22.9 Å². The SMILES string of the molecule is Cc1cc(C)c(-c2cn(-c3ccc(C(=O)O)cc3)nn2)c(C)c1. The van der Waals surface area contributed by atoms with Crippen molar-refractivity contribution in [2.75, 3.05) is 0 Å². The predicted molar refractivity (Wildman–Crippen MR) is 88.0 cm³/mol. The summed E-state index contributed by atoms with van der Waals surface area (Å²) in [4.78, 5) is 10.9. The lowest BCUT2D eigenvalue weighted by Gasteiger charge is -2.08. The molecule has 23 heavy (non-hydrogen) atoms. The summed E-state index contributed by atoms with van der Waals surface area (Å²) in [6, 6.07) is 10.8. The Balaban J connectivity index is 1.99. The van der Waals surface area contributed by atoms with Gasteiger partial charge in [0, 0.05) is 5.56 Å². The van der Waals surface area contributed by atoms with Gasteiger partial charge < -0.3 is 5.11 Å². The zero-order valence-corrected chi connectivity index (χ0v) is 13.2. The second-order valence-electron chi connectivity index (χ2n) is 5.67. The van der Waals surface area contributed by atoms with Crippen LogP contribution in [0.4, 0.5) is 0 Å². The van der Waals surface area contributed by atoms with Crippen molar-refractivity contribution < 1.29 is 9.90 Å². The highest BCUT2D eigenvalue weighted by atomic mass is 16.4. The Morgan fingerprint density at radius 3 is 2.22 bits per heavy atom. The van der Waals surface area contributed by atoms with Crippen LogP contribution in [0.1, 0.15) is 27.0 Å². The van der Waals surface area contributed by atoms with E-state index in [0.717, 1.165) is 28.1 Å². The first kappa shape index (κ1) is 15.0. The summed E-state index contributed by atoms with van der Waals surface area (Å²) in [5.74, 6) is -0.943. The van der Waals surface area contributed by atoms with Crippen molar-refractivity contribution in [2.45, 2.75) is 20.8 Å². The summed E-state index contributed by atoms with van der Waals surface area (Å²) in [6.45, 7) is 6.21. The number of carboxylic acid groups (broad SMARTS) is 1. The van der Waals surface area contributed by atoms with Crippen LogP contribution in [0.3, 0.4) is 0 Å². The van der Waals surface area contributed by atoms with E-state index in [-0.39, 0.29) is 5.56 Å². The Hall–Kier alpha value is -2.95. The maximum Gasteiger partial charge on any atom is 0.335 e. The van der Waals surface area contributed by atoms with Gasteiger partial charge in [-0.25, -0.2) is 9.48 Å². The number of aromatic nitrogens is 3. The lowest BCUT2D eigenvalue weighted by atomic mass is 9.98. The first-order valence-electron chi connectivity index (χ1n) is 7.30. The molecule has 3 rings (SSSR count). The van der Waals surface area contributed by atoms with E-state index in [4.69, 9.17) is 5.11 Å². The number of aryl methyl sites for hydroxylation is 3. The number of hydrogen-bond donors (Lipinski definition) is 1. The summed E-state index contributed by atoms with van der Waals surface area (Å²) < 4.78 is 1.65. The smallest absolute Gasteiger partial charge is 0.335 e. The Morgan fingerprint density at radius 2 is 1.65 bits per heavy atom. The van der Waals surface area contributed by atoms with Crippen LogP contribution in [0.5, 0.6) is 0 Å². The molecule has 0 saturated heterocycles. The van der Waals surface area contributed by atoms with Crippen LogP contribution < -0.4 is 0 Å². The van der Waals surface area contributed by atoms with E-state index >= 15 is 0 Å². The molecule has 1 heterocycles. The molecule has 0 spiro atoms. The first-order valence-corrected chi connectivity index (χ1v) is 7.30. The Kier molecular flexibility index (Phi) is 3.70. The van der Waals surface area contributed by atoms with E-state index < -0.39 is 5.97 Å². The summed E-state index contributed by atoms with van der Waals surface area (Å²) in [7, 11) is 0. The van der Waals surface area contributed by atoms with Gasteiger partial charge in [0.25, 0.3) is 0 Å². The number of rotatable bonds is 3. The Morgan fingerprint density at radius 1 is 1.04 bits per heavy atom. The Labute approximate surface area is 134 Å². The molecule has 116 valence electrons. The molecule has 0 aliphatic carbocycles. The standard InChI is InChI=1S/C18H17N3O2/c1-11-8-12(2)17(13(3)9-11)16-10-21(20-19-16)15-6-4-14(5-7-15)18(22)23/h4-10H,1-3H3,(H,22,23). The fraction of sp³-hybridized carbons (Fsp3) is 0.167. The quantitative estimate of drug-likeness (QED) is 0.803. The molecular weight excluding hydrogens is 290 g/mol. The van der Waals surface area contributed by atoms with Gasteiger partial charge in [0.1, 0.15) is 5.69 Å². The van der Waals surface area contributed by atoms with Crippen LogP contribution >= 0.6 is 0 Å². The second-order valence-corrected chi connectivity index (χ2v) is 5.67. The van der Waals surface area contributed by atoms with Crippen molar-refractivity contribution in [2.24, 2.45) is 0 Å². The molecule has 0 unspecified atom stereocenters. The summed E-state index contributed by atoms with van der Waals surface area (Å²) in [6.07, 6.45) is 1.86. The van der Waals surface area contributed by atoms with Gasteiger partial charge in [-0.05, 0) is 56.2 Å². The molecule has 5 nitrogen and oxygen atoms in total. The maximum atomic E-state index is 10.9. The van der Waals surface area contributed by atoms with E-state index in [1.54, 1.807) is 28.9 Å². The third-order valence-corrected chi connectivity index (χ3v) is 3.81. The molecule has 0 aliphatic rings. The van der Waals surface area contributed by atoms with Gasteiger partial charge in [-0.3, -0.25) is 0 Å². The zero-order chi connectivity index (χ0) is 16.6. The Bertz CT molecular complexity index is 857. The van der Waals surface area contributed by atoms with E-state index in [0.29, 0.717) is 0 Å². The average molecular weight is 307 g/mol. The lowest BCUT2D eigenvalue weighted by Crippen LogP contribution is -1.98. The topological polar surface area (TPSA) is 68.0 Å². The monoisotopic (exact) mass is 307 g/mol. The largest absolute Gasteiger partial charge is 0.478 e. The molecule has 5 heteroatoms. The van der Waals surface area contributed by atoms with Gasteiger partial charge in [0.05, 0.1) is 17.4 Å². The van der Waals surface area contributed by atoms with Crippen molar-refractivity contribution in [3.05, 3.63) is 64.8 Å². The maximum absolute atomic E-state index is 10.9. The number of benzene rings is 2. The molecule has 0 fully saturated rings. The van der Waals surface area contributed by atoms with Crippen LogP contribution in [0, 0.1) is 20.8 Å². The fourth-order valence-electron chi connectivity index (χ4n) is 2.85. The van der Waals surface area contributed by atoms with Crippen molar-refractivity contribution >= 4 is 5.97 Å². The minimum Gasteiger partial charge on any atom is -0.478 e. The van der Waals surface area contributed by atoms with Crippen LogP contribution in [0.15, 0.2) is 42.6 Å². The van der Waals surface area contributed by atoms with Gasteiger partial charge >= 0.3 is 5.97 Å². The normalized spacial score (nSPS) is 10.7. The molecule has 0 radical (unpaired) electrons. The number of carboxylic acids is 1. The van der Waals surface area contributed by atoms with Crippen molar-refractivity contribution in [3.63, 3.8) is 0 Å². The van der Waals surface area contributed by atoms with E-state index in [1.807, 2.05) is 6.20 Å². The number of aromatic carboxylic acids is 1. The highest BCUT2D eigenvalue weighted by molar-refractivity contribution is 5.87. The van der Waals surface area contributed by atoms with E-state index in [9.17, 15) is 4.79 Å². The molecule has 0 amide bonds. The molecule has 0 atom stereocenters. The first-order chi connectivity index (χ1) is 11.0. The highest BCUT2D eigenvalue weighted by Crippen LogP contribution is 2.27. The van der Waals surface area contributed by atoms with Crippen LogP contribution in [0.2, 0.25) is 0 Å². The number of nitrogens with zero attached hydrogens (tertiary/aromatic N) is 3. The molecule has 0 aliphatic heterocycles. The van der Waals surface area contributed by atoms with E-state index in [1.165, 1.54) is 5.56 Å². The minimum atomic E-state index is -0.943. The van der Waals surface area contributed by atoms with Crippen molar-refractivity contribution in [1.29, 1.82) is 0 Å². The van der Waals surface area contributed by atoms with Crippen molar-refractivity contribution in [1.82, 2.24) is 15.0 Å². The van der Waals surface area contributed by atoms with Crippen LogP contribution in [0.25, 0.3) is 16.9 Å². The second kappa shape index (κ2) is 5.68. The van der Waals surface area contributed by atoms with Gasteiger partial charge in [0.2, 0.25) is 0 Å². The third-order valence-electron chi connectivity index (χ3n) is 3.81. The third kappa shape index (κ3) is 2.85. The molecule has 1 aromatic heterocycles. The molecule has 0 saturated carbocycles. The number of carbonyl (C=O) groups is 1. The lowest BCUT2D eigenvalue weighted by molar-refractivity contribution is 0.0697. The van der Waals surface area contributed by atoms with Crippen LogP contribution in [-0.4, -0.2) is 26.1 Å². The number of hydrogen-bond acceptors (Lipinski definition) is 3. The predicted octanol–water partition coefficient (Wildman–Crippen LogP) is 3.56. The fourth-order valence-corrected chi connectivity index (χ4v) is 2.85. The summed E-state index contributed by atoms with van der Waals surface area (Å²) >= 11 is 0. The minimum absolute atomic E-state index is 0.249. The van der Waals surface area contributed by atoms with Gasteiger partial charge in [-0.2, -0.15) is 0 Å². The van der Waals surface area contributed by atoms with Gasteiger partial charge in [-0.15, -0.1) is 5.10 Å². The molecule has 0 bridgehead atoms. The molecular formula is C18H17N3O2. The summed E-state index contributed by atoms with van der Waals surface area (Å²) in [5, 5.41) is 17.4. The van der Waals surface area contributed by atoms with Crippen molar-refractivity contribution in [3.8, 4) is 16.9 Å². The molecule has 3 aromatic rings. The van der Waals surface area contributed by atoms with Crippen LogP contribution in [-0.2, 0) is 0 Å². The molecule has 2 aromatic carbocycles. The van der Waals surface area contributed by atoms with Gasteiger partial charge in [0.15, 0.2) is 0 Å². The highest BCUT2D eigenvalue weighted by Gasteiger charge is 2.11.